The molecule has 26 heavy (non-hydrogen) atoms. The Labute approximate surface area is 150 Å². The lowest BCUT2D eigenvalue weighted by Crippen LogP contribution is -2.48. The Morgan fingerprint density at radius 3 is 2.50 bits per heavy atom. The predicted octanol–water partition coefficient (Wildman–Crippen LogP) is 2.62. The summed E-state index contributed by atoms with van der Waals surface area (Å²) in [7, 11) is 0. The van der Waals surface area contributed by atoms with Crippen molar-refractivity contribution in [1.29, 1.82) is 0 Å². The van der Waals surface area contributed by atoms with Gasteiger partial charge in [0.05, 0.1) is 11.6 Å². The van der Waals surface area contributed by atoms with Gasteiger partial charge in [-0.25, -0.2) is 4.79 Å². The van der Waals surface area contributed by atoms with Gasteiger partial charge in [0.1, 0.15) is 6.04 Å². The summed E-state index contributed by atoms with van der Waals surface area (Å²) in [4.78, 5) is 23.8. The first-order valence-electron chi connectivity index (χ1n) is 8.31. The average Bonchev–Trinajstić information content (AvgIpc) is 3.04. The van der Waals surface area contributed by atoms with E-state index in [1.165, 1.54) is 0 Å². The lowest BCUT2D eigenvalue weighted by Gasteiger charge is -2.20. The number of nitrogens with zero attached hydrogens (tertiary/aromatic N) is 1. The third kappa shape index (κ3) is 4.00. The van der Waals surface area contributed by atoms with Crippen molar-refractivity contribution >= 4 is 22.9 Å². The van der Waals surface area contributed by atoms with E-state index >= 15 is 0 Å². The Morgan fingerprint density at radius 2 is 1.77 bits per heavy atom. The molecule has 0 saturated carbocycles. The number of aromatic amines is 1. The van der Waals surface area contributed by atoms with E-state index in [2.05, 4.69) is 20.8 Å². The van der Waals surface area contributed by atoms with Crippen LogP contribution in [0.4, 0.5) is 4.79 Å². The van der Waals surface area contributed by atoms with Crippen molar-refractivity contribution in [1.82, 2.24) is 20.8 Å². The van der Waals surface area contributed by atoms with Crippen molar-refractivity contribution in [3.63, 3.8) is 0 Å². The van der Waals surface area contributed by atoms with Gasteiger partial charge in [0, 0.05) is 17.5 Å². The van der Waals surface area contributed by atoms with Gasteiger partial charge < -0.3 is 15.7 Å². The van der Waals surface area contributed by atoms with E-state index in [4.69, 9.17) is 5.11 Å². The van der Waals surface area contributed by atoms with Gasteiger partial charge in [-0.05, 0) is 18.6 Å². The second kappa shape index (κ2) is 7.69. The molecule has 0 radical (unpaired) electrons. The Morgan fingerprint density at radius 1 is 1.08 bits per heavy atom. The number of carbonyl (C=O) groups excluding carboxylic acids is 1. The van der Waals surface area contributed by atoms with E-state index in [1.54, 1.807) is 0 Å². The largest absolute Gasteiger partial charge is 0.465 e. The summed E-state index contributed by atoms with van der Waals surface area (Å²) in [6.45, 7) is 1.86. The van der Waals surface area contributed by atoms with Gasteiger partial charge in [-0.15, -0.1) is 0 Å². The Balaban J connectivity index is 1.77. The summed E-state index contributed by atoms with van der Waals surface area (Å²) in [5.74, 6) is -0.387. The highest BCUT2D eigenvalue weighted by atomic mass is 16.4. The van der Waals surface area contributed by atoms with Crippen LogP contribution >= 0.6 is 0 Å². The first-order valence-corrected chi connectivity index (χ1v) is 8.31. The number of hydrogen-bond acceptors (Lipinski definition) is 3. The molecule has 2 aromatic carbocycles. The Bertz CT molecular complexity index is 907. The van der Waals surface area contributed by atoms with Crippen LogP contribution in [0.3, 0.4) is 0 Å². The van der Waals surface area contributed by atoms with Crippen molar-refractivity contribution in [2.24, 2.45) is 0 Å². The molecule has 3 rings (SSSR count). The van der Waals surface area contributed by atoms with Crippen LogP contribution in [0, 0.1) is 0 Å². The lowest BCUT2D eigenvalue weighted by molar-refractivity contribution is -0.123. The van der Waals surface area contributed by atoms with E-state index in [1.807, 2.05) is 61.5 Å². The first-order chi connectivity index (χ1) is 12.5. The first kappa shape index (κ1) is 17.5. The third-order valence-electron chi connectivity index (χ3n) is 4.22. The monoisotopic (exact) mass is 352 g/mol. The van der Waals surface area contributed by atoms with Crippen LogP contribution in [0.5, 0.6) is 0 Å². The van der Waals surface area contributed by atoms with Crippen molar-refractivity contribution in [2.75, 3.05) is 0 Å². The second-order valence-corrected chi connectivity index (χ2v) is 6.07. The summed E-state index contributed by atoms with van der Waals surface area (Å²) in [6.07, 6.45) is -1.07. The topological polar surface area (TPSA) is 107 Å². The SMILES string of the molecule is CC(NC(=O)C(Cc1[nH]nc2ccccc12)NC(=O)O)c1ccccc1. The number of benzene rings is 2. The van der Waals surface area contributed by atoms with Gasteiger partial charge >= 0.3 is 6.09 Å². The number of rotatable bonds is 6. The number of aromatic nitrogens is 2. The maximum atomic E-state index is 12.7. The van der Waals surface area contributed by atoms with E-state index in [-0.39, 0.29) is 18.4 Å². The molecule has 0 fully saturated rings. The molecule has 134 valence electrons. The number of para-hydroxylation sites is 1. The summed E-state index contributed by atoms with van der Waals surface area (Å²) >= 11 is 0. The zero-order valence-electron chi connectivity index (χ0n) is 14.3. The molecular weight excluding hydrogens is 332 g/mol. The standard InChI is InChI=1S/C19H20N4O3/c1-12(13-7-3-2-4-8-13)20-18(24)17(21-19(25)26)11-16-14-9-5-6-10-15(14)22-23-16/h2-10,12,17,21H,11H2,1H3,(H,20,24)(H,22,23)(H,25,26). The van der Waals surface area contributed by atoms with Gasteiger partial charge in [0.2, 0.25) is 5.91 Å². The summed E-state index contributed by atoms with van der Waals surface area (Å²) < 4.78 is 0. The maximum Gasteiger partial charge on any atom is 0.405 e. The van der Waals surface area contributed by atoms with Crippen LogP contribution in [0.2, 0.25) is 0 Å². The molecule has 7 nitrogen and oxygen atoms in total. The van der Waals surface area contributed by atoms with E-state index < -0.39 is 12.1 Å². The number of nitrogens with one attached hydrogen (secondary N) is 3. The minimum Gasteiger partial charge on any atom is -0.465 e. The van der Waals surface area contributed by atoms with E-state index in [0.29, 0.717) is 5.69 Å². The highest BCUT2D eigenvalue weighted by Crippen LogP contribution is 2.17. The van der Waals surface area contributed by atoms with Crippen LogP contribution in [0.1, 0.15) is 24.2 Å². The van der Waals surface area contributed by atoms with Crippen LogP contribution in [0.15, 0.2) is 54.6 Å². The molecule has 0 aliphatic heterocycles. The van der Waals surface area contributed by atoms with Crippen LogP contribution in [-0.2, 0) is 11.2 Å². The fourth-order valence-electron chi connectivity index (χ4n) is 2.87. The number of H-pyrrole nitrogens is 1. The van der Waals surface area contributed by atoms with Gasteiger partial charge in [0.15, 0.2) is 0 Å². The normalized spacial score (nSPS) is 13.1. The molecule has 0 spiro atoms. The fraction of sp³-hybridized carbons (Fsp3) is 0.211. The molecule has 0 aliphatic rings. The van der Waals surface area contributed by atoms with E-state index in [9.17, 15) is 9.59 Å². The number of amides is 2. The zero-order valence-corrected chi connectivity index (χ0v) is 14.3. The minimum atomic E-state index is -1.25. The van der Waals surface area contributed by atoms with Crippen molar-refractivity contribution in [2.45, 2.75) is 25.4 Å². The molecule has 2 atom stereocenters. The third-order valence-corrected chi connectivity index (χ3v) is 4.22. The molecule has 1 heterocycles. The molecule has 3 aromatic rings. The Hall–Kier alpha value is -3.35. The second-order valence-electron chi connectivity index (χ2n) is 6.07. The molecule has 0 saturated heterocycles. The molecule has 7 heteroatoms. The maximum absolute atomic E-state index is 12.7. The minimum absolute atomic E-state index is 0.181. The molecule has 4 N–H and O–H groups in total. The van der Waals surface area contributed by atoms with Crippen LogP contribution in [-0.4, -0.2) is 33.3 Å². The van der Waals surface area contributed by atoms with Crippen molar-refractivity contribution in [3.8, 4) is 0 Å². The fourth-order valence-corrected chi connectivity index (χ4v) is 2.87. The highest BCUT2D eigenvalue weighted by Gasteiger charge is 2.24. The molecule has 2 unspecified atom stereocenters. The number of hydrogen-bond donors (Lipinski definition) is 4. The smallest absolute Gasteiger partial charge is 0.405 e. The van der Waals surface area contributed by atoms with Gasteiger partial charge in [-0.1, -0.05) is 48.5 Å². The predicted molar refractivity (Wildman–Crippen MR) is 97.7 cm³/mol. The molecular formula is C19H20N4O3. The lowest BCUT2D eigenvalue weighted by atomic mass is 10.1. The molecule has 2 amide bonds. The summed E-state index contributed by atoms with van der Waals surface area (Å²) in [5.41, 5.74) is 2.43. The van der Waals surface area contributed by atoms with Gasteiger partial charge in [0.25, 0.3) is 0 Å². The number of fused-ring (bicyclic) bond motifs is 1. The molecule has 0 aliphatic carbocycles. The van der Waals surface area contributed by atoms with Crippen LogP contribution < -0.4 is 10.6 Å². The van der Waals surface area contributed by atoms with Crippen LogP contribution in [0.25, 0.3) is 10.9 Å². The summed E-state index contributed by atoms with van der Waals surface area (Å²) in [6, 6.07) is 15.8. The number of carbonyl (C=O) groups is 2. The summed E-state index contributed by atoms with van der Waals surface area (Å²) in [5, 5.41) is 22.2. The average molecular weight is 352 g/mol. The zero-order chi connectivity index (χ0) is 18.5. The highest BCUT2D eigenvalue weighted by molar-refractivity contribution is 5.87. The van der Waals surface area contributed by atoms with E-state index in [0.717, 1.165) is 16.5 Å². The van der Waals surface area contributed by atoms with Crippen molar-refractivity contribution in [3.05, 3.63) is 65.9 Å². The molecule has 0 bridgehead atoms. The Kier molecular flexibility index (Phi) is 5.17. The quantitative estimate of drug-likeness (QED) is 0.547. The van der Waals surface area contributed by atoms with Gasteiger partial charge in [-0.3, -0.25) is 9.89 Å². The van der Waals surface area contributed by atoms with Crippen molar-refractivity contribution < 1.29 is 14.7 Å². The molecule has 1 aromatic heterocycles. The van der Waals surface area contributed by atoms with Gasteiger partial charge in [-0.2, -0.15) is 5.10 Å². The number of carboxylic acid groups (broad SMARTS) is 1.